The summed E-state index contributed by atoms with van der Waals surface area (Å²) in [5.41, 5.74) is 0.809. The molecule has 0 aromatic carbocycles. The zero-order chi connectivity index (χ0) is 22.6. The van der Waals surface area contributed by atoms with Crippen molar-refractivity contribution in [3.05, 3.63) is 24.3 Å². The fourth-order valence-electron chi connectivity index (χ4n) is 4.61. The number of nitrogens with one attached hydrogen (secondary N) is 1. The Hall–Kier alpha value is -0.250. The van der Waals surface area contributed by atoms with Gasteiger partial charge in [-0.1, -0.05) is 79.7 Å². The van der Waals surface area contributed by atoms with E-state index in [2.05, 4.69) is 103 Å². The SMILES string of the molecule is CSC(CCC(C)(C)/C=C/C(C1CNC1)C(C)(C)C)C(/C=C/C(C)(C)C)C1COC1. The molecule has 3 atom stereocenters. The average Bonchev–Trinajstić information content (AvgIpc) is 2.51. The third kappa shape index (κ3) is 8.02. The first kappa shape index (κ1) is 26.0. The predicted molar refractivity (Wildman–Crippen MR) is 135 cm³/mol. The molecule has 0 saturated carbocycles. The number of ether oxygens (including phenoxy) is 1. The van der Waals surface area contributed by atoms with E-state index in [0.29, 0.717) is 28.4 Å². The van der Waals surface area contributed by atoms with Crippen LogP contribution in [0.1, 0.15) is 68.2 Å². The topological polar surface area (TPSA) is 21.3 Å². The van der Waals surface area contributed by atoms with Crippen molar-refractivity contribution in [1.29, 1.82) is 0 Å². The van der Waals surface area contributed by atoms with Crippen LogP contribution in [0.5, 0.6) is 0 Å². The molecule has 2 rings (SSSR count). The molecule has 3 unspecified atom stereocenters. The van der Waals surface area contributed by atoms with Crippen LogP contribution >= 0.6 is 11.8 Å². The maximum absolute atomic E-state index is 5.56. The molecule has 1 N–H and O–H groups in total. The standard InChI is InChI=1S/C27H49NOS/c1-25(2,3)13-10-22(21-18-29-19-21)24(30-9)12-15-27(7,8)14-11-23(26(4,5)6)20-16-28-17-20/h10-11,13-14,20-24,28H,12,15-19H2,1-9H3/b13-10+,14-11+. The average molecular weight is 436 g/mol. The summed E-state index contributed by atoms with van der Waals surface area (Å²) in [4.78, 5) is 0. The highest BCUT2D eigenvalue weighted by Gasteiger charge is 2.35. The zero-order valence-electron chi connectivity index (χ0n) is 21.3. The van der Waals surface area contributed by atoms with Crippen molar-refractivity contribution in [3.8, 4) is 0 Å². The molecule has 0 bridgehead atoms. The Labute approximate surface area is 192 Å². The molecule has 0 aliphatic carbocycles. The normalized spacial score (nSPS) is 22.8. The Morgan fingerprint density at radius 3 is 1.97 bits per heavy atom. The van der Waals surface area contributed by atoms with Crippen molar-refractivity contribution in [1.82, 2.24) is 5.32 Å². The lowest BCUT2D eigenvalue weighted by molar-refractivity contribution is -0.0521. The summed E-state index contributed by atoms with van der Waals surface area (Å²) < 4.78 is 5.56. The smallest absolute Gasteiger partial charge is 0.0522 e. The van der Waals surface area contributed by atoms with Crippen LogP contribution in [0.4, 0.5) is 0 Å². The summed E-state index contributed by atoms with van der Waals surface area (Å²) in [5.74, 6) is 2.76. The predicted octanol–water partition coefficient (Wildman–Crippen LogP) is 6.83. The lowest BCUT2D eigenvalue weighted by Crippen LogP contribution is -2.48. The van der Waals surface area contributed by atoms with Gasteiger partial charge >= 0.3 is 0 Å². The van der Waals surface area contributed by atoms with Gasteiger partial charge in [0, 0.05) is 11.2 Å². The molecule has 3 heteroatoms. The van der Waals surface area contributed by atoms with Gasteiger partial charge < -0.3 is 10.1 Å². The third-order valence-corrected chi connectivity index (χ3v) is 8.06. The summed E-state index contributed by atoms with van der Waals surface area (Å²) in [7, 11) is 0. The van der Waals surface area contributed by atoms with Crippen LogP contribution in [-0.2, 0) is 4.74 Å². The minimum absolute atomic E-state index is 0.239. The van der Waals surface area contributed by atoms with Crippen LogP contribution in [0.15, 0.2) is 24.3 Å². The Balaban J connectivity index is 2.02. The van der Waals surface area contributed by atoms with E-state index in [4.69, 9.17) is 4.74 Å². The van der Waals surface area contributed by atoms with E-state index in [1.54, 1.807) is 0 Å². The molecule has 0 amide bonds. The van der Waals surface area contributed by atoms with E-state index in [0.717, 1.165) is 19.1 Å². The number of hydrogen-bond acceptors (Lipinski definition) is 3. The number of hydrogen-bond donors (Lipinski definition) is 1. The van der Waals surface area contributed by atoms with E-state index in [1.807, 2.05) is 0 Å². The number of rotatable bonds is 10. The second-order valence-corrected chi connectivity index (χ2v) is 13.6. The van der Waals surface area contributed by atoms with E-state index >= 15 is 0 Å². The second kappa shape index (κ2) is 10.6. The Morgan fingerprint density at radius 1 is 0.933 bits per heavy atom. The molecule has 174 valence electrons. The van der Waals surface area contributed by atoms with Crippen molar-refractivity contribution in [2.24, 2.45) is 39.9 Å². The molecule has 0 radical (unpaired) electrons. The first-order valence-corrected chi connectivity index (χ1v) is 13.3. The van der Waals surface area contributed by atoms with Gasteiger partial charge in [-0.05, 0) is 66.2 Å². The summed E-state index contributed by atoms with van der Waals surface area (Å²) in [6.45, 7) is 23.1. The van der Waals surface area contributed by atoms with Crippen LogP contribution in [0.25, 0.3) is 0 Å². The minimum Gasteiger partial charge on any atom is -0.381 e. The first-order valence-electron chi connectivity index (χ1n) is 12.0. The van der Waals surface area contributed by atoms with Crippen LogP contribution in [0, 0.1) is 39.9 Å². The van der Waals surface area contributed by atoms with E-state index in [9.17, 15) is 0 Å². The van der Waals surface area contributed by atoms with Crippen molar-refractivity contribution < 1.29 is 4.74 Å². The van der Waals surface area contributed by atoms with E-state index in [1.165, 1.54) is 25.9 Å². The van der Waals surface area contributed by atoms with Gasteiger partial charge in [0.15, 0.2) is 0 Å². The first-order chi connectivity index (χ1) is 13.8. The van der Waals surface area contributed by atoms with Crippen LogP contribution in [-0.4, -0.2) is 37.8 Å². The lowest BCUT2D eigenvalue weighted by atomic mass is 9.70. The second-order valence-electron chi connectivity index (χ2n) is 12.6. The summed E-state index contributed by atoms with van der Waals surface area (Å²) >= 11 is 2.05. The molecular weight excluding hydrogens is 386 g/mol. The van der Waals surface area contributed by atoms with Gasteiger partial charge in [0.25, 0.3) is 0 Å². The minimum atomic E-state index is 0.239. The Bertz CT molecular complexity index is 573. The Morgan fingerprint density at radius 2 is 1.57 bits per heavy atom. The Kier molecular flexibility index (Phi) is 9.17. The lowest BCUT2D eigenvalue weighted by Gasteiger charge is -2.41. The molecule has 2 aliphatic heterocycles. The van der Waals surface area contributed by atoms with Gasteiger partial charge in [0.1, 0.15) is 0 Å². The molecule has 2 heterocycles. The molecule has 30 heavy (non-hydrogen) atoms. The molecule has 2 fully saturated rings. The number of thioether (sulfide) groups is 1. The van der Waals surface area contributed by atoms with Gasteiger partial charge in [-0.25, -0.2) is 0 Å². The van der Waals surface area contributed by atoms with Gasteiger partial charge in [0.2, 0.25) is 0 Å². The highest BCUT2D eigenvalue weighted by Crippen LogP contribution is 2.39. The molecule has 0 spiro atoms. The highest BCUT2D eigenvalue weighted by molar-refractivity contribution is 7.99. The van der Waals surface area contributed by atoms with Crippen LogP contribution in [0.3, 0.4) is 0 Å². The third-order valence-electron chi connectivity index (χ3n) is 6.91. The molecule has 0 aromatic heterocycles. The van der Waals surface area contributed by atoms with E-state index in [-0.39, 0.29) is 10.8 Å². The molecule has 0 aromatic rings. The maximum atomic E-state index is 5.56. The highest BCUT2D eigenvalue weighted by atomic mass is 32.2. The quantitative estimate of drug-likeness (QED) is 0.380. The monoisotopic (exact) mass is 435 g/mol. The van der Waals surface area contributed by atoms with Gasteiger partial charge in [-0.2, -0.15) is 11.8 Å². The molecule has 2 aliphatic rings. The summed E-state index contributed by atoms with van der Waals surface area (Å²) in [5, 5.41) is 4.13. The fraction of sp³-hybridized carbons (Fsp3) is 0.852. The van der Waals surface area contributed by atoms with Crippen LogP contribution in [0.2, 0.25) is 0 Å². The molecular formula is C27H49NOS. The van der Waals surface area contributed by atoms with Crippen molar-refractivity contribution in [2.45, 2.75) is 73.5 Å². The fourth-order valence-corrected chi connectivity index (χ4v) is 5.59. The largest absolute Gasteiger partial charge is 0.381 e. The zero-order valence-corrected chi connectivity index (χ0v) is 22.1. The molecule has 2 saturated heterocycles. The number of allylic oxidation sites excluding steroid dienone is 4. The maximum Gasteiger partial charge on any atom is 0.0522 e. The van der Waals surface area contributed by atoms with Gasteiger partial charge in [-0.15, -0.1) is 0 Å². The summed E-state index contributed by atoms with van der Waals surface area (Å²) in [6, 6.07) is 0. The van der Waals surface area contributed by atoms with Gasteiger partial charge in [0.05, 0.1) is 13.2 Å². The van der Waals surface area contributed by atoms with Gasteiger partial charge in [-0.3, -0.25) is 0 Å². The van der Waals surface area contributed by atoms with E-state index < -0.39 is 0 Å². The van der Waals surface area contributed by atoms with Crippen molar-refractivity contribution in [3.63, 3.8) is 0 Å². The van der Waals surface area contributed by atoms with Crippen molar-refractivity contribution >= 4 is 11.8 Å². The summed E-state index contributed by atoms with van der Waals surface area (Å²) in [6.07, 6.45) is 14.8. The molecule has 2 nitrogen and oxygen atoms in total. The van der Waals surface area contributed by atoms with Crippen LogP contribution < -0.4 is 5.32 Å². The van der Waals surface area contributed by atoms with Crippen molar-refractivity contribution in [2.75, 3.05) is 32.6 Å².